The SMILES string of the molecule is CCN1CCN(S(=O)(=O)c2cccc(NC(=O)CCCNC(=O)c3ccco3)c2)CC1. The van der Waals surface area contributed by atoms with E-state index in [0.29, 0.717) is 44.8 Å². The molecule has 0 bridgehead atoms. The van der Waals surface area contributed by atoms with Crippen LogP contribution in [0.2, 0.25) is 0 Å². The zero-order valence-corrected chi connectivity index (χ0v) is 18.4. The number of nitrogens with one attached hydrogen (secondary N) is 2. The van der Waals surface area contributed by atoms with E-state index in [9.17, 15) is 18.0 Å². The summed E-state index contributed by atoms with van der Waals surface area (Å²) in [5.74, 6) is -0.361. The molecular formula is C21H28N4O5S. The number of furan rings is 1. The molecule has 0 radical (unpaired) electrons. The highest BCUT2D eigenvalue weighted by atomic mass is 32.2. The molecule has 9 nitrogen and oxygen atoms in total. The number of amides is 2. The second-order valence-corrected chi connectivity index (χ2v) is 9.19. The van der Waals surface area contributed by atoms with E-state index < -0.39 is 10.0 Å². The van der Waals surface area contributed by atoms with Crippen molar-refractivity contribution in [3.05, 3.63) is 48.4 Å². The van der Waals surface area contributed by atoms with Crippen LogP contribution in [0.25, 0.3) is 0 Å². The Labute approximate surface area is 182 Å². The molecule has 2 N–H and O–H groups in total. The van der Waals surface area contributed by atoms with Crippen LogP contribution in [-0.2, 0) is 14.8 Å². The molecule has 168 valence electrons. The number of hydrogen-bond acceptors (Lipinski definition) is 6. The number of sulfonamides is 1. The minimum atomic E-state index is -3.60. The average molecular weight is 449 g/mol. The quantitative estimate of drug-likeness (QED) is 0.566. The molecule has 2 heterocycles. The van der Waals surface area contributed by atoms with Crippen LogP contribution in [0.5, 0.6) is 0 Å². The Hall–Kier alpha value is -2.69. The second-order valence-electron chi connectivity index (χ2n) is 7.25. The average Bonchev–Trinajstić information content (AvgIpc) is 3.32. The van der Waals surface area contributed by atoms with Gasteiger partial charge in [0, 0.05) is 44.8 Å². The van der Waals surface area contributed by atoms with E-state index in [0.717, 1.165) is 6.54 Å². The third-order valence-electron chi connectivity index (χ3n) is 5.15. The van der Waals surface area contributed by atoms with E-state index in [1.165, 1.54) is 16.6 Å². The summed E-state index contributed by atoms with van der Waals surface area (Å²) in [6.45, 7) is 5.62. The number of likely N-dealkylation sites (N-methyl/N-ethyl adjacent to an activating group) is 1. The molecule has 0 spiro atoms. The predicted molar refractivity (Wildman–Crippen MR) is 116 cm³/mol. The van der Waals surface area contributed by atoms with Gasteiger partial charge in [0.25, 0.3) is 5.91 Å². The van der Waals surface area contributed by atoms with E-state index in [4.69, 9.17) is 4.42 Å². The van der Waals surface area contributed by atoms with Gasteiger partial charge in [0.15, 0.2) is 5.76 Å². The summed E-state index contributed by atoms with van der Waals surface area (Å²) in [6.07, 6.45) is 2.05. The molecule has 0 atom stereocenters. The van der Waals surface area contributed by atoms with Gasteiger partial charge in [-0.1, -0.05) is 13.0 Å². The van der Waals surface area contributed by atoms with E-state index in [1.54, 1.807) is 30.3 Å². The second kappa shape index (κ2) is 10.6. The summed E-state index contributed by atoms with van der Waals surface area (Å²) >= 11 is 0. The molecular weight excluding hydrogens is 420 g/mol. The van der Waals surface area contributed by atoms with Crippen molar-refractivity contribution in [3.8, 4) is 0 Å². The molecule has 1 aromatic heterocycles. The third-order valence-corrected chi connectivity index (χ3v) is 7.04. The molecule has 0 saturated carbocycles. The first-order valence-corrected chi connectivity index (χ1v) is 11.8. The van der Waals surface area contributed by atoms with Crippen molar-refractivity contribution in [2.45, 2.75) is 24.7 Å². The molecule has 1 fully saturated rings. The number of nitrogens with zero attached hydrogens (tertiary/aromatic N) is 2. The van der Waals surface area contributed by atoms with Crippen LogP contribution in [0.1, 0.15) is 30.3 Å². The summed E-state index contributed by atoms with van der Waals surface area (Å²) in [7, 11) is -3.60. The lowest BCUT2D eigenvalue weighted by Crippen LogP contribution is -2.48. The molecule has 1 aliphatic rings. The van der Waals surface area contributed by atoms with Crippen molar-refractivity contribution in [3.63, 3.8) is 0 Å². The summed E-state index contributed by atoms with van der Waals surface area (Å²) in [4.78, 5) is 26.4. The molecule has 1 aromatic carbocycles. The van der Waals surface area contributed by atoms with Gasteiger partial charge in [-0.3, -0.25) is 9.59 Å². The Morgan fingerprint density at radius 1 is 1.10 bits per heavy atom. The number of carbonyl (C=O) groups is 2. The van der Waals surface area contributed by atoms with Crippen LogP contribution < -0.4 is 10.6 Å². The summed E-state index contributed by atoms with van der Waals surface area (Å²) in [5.41, 5.74) is 0.429. The van der Waals surface area contributed by atoms with Gasteiger partial charge in [0.2, 0.25) is 15.9 Å². The standard InChI is InChI=1S/C21H28N4O5S/c1-2-24-11-13-25(14-12-24)31(28,29)18-7-3-6-17(16-18)23-20(26)9-4-10-22-21(27)19-8-5-15-30-19/h3,5-8,15-16H,2,4,9-14H2,1H3,(H,22,27)(H,23,26). The zero-order chi connectivity index (χ0) is 22.3. The Bertz CT molecular complexity index is 983. The highest BCUT2D eigenvalue weighted by Gasteiger charge is 2.28. The molecule has 10 heteroatoms. The van der Waals surface area contributed by atoms with Crippen LogP contribution in [-0.4, -0.2) is 68.7 Å². The zero-order valence-electron chi connectivity index (χ0n) is 17.5. The first-order valence-electron chi connectivity index (χ1n) is 10.3. The van der Waals surface area contributed by atoms with Crippen molar-refractivity contribution >= 4 is 27.5 Å². The number of benzene rings is 1. The number of piperazine rings is 1. The molecule has 1 aliphatic heterocycles. The fourth-order valence-corrected chi connectivity index (χ4v) is 4.81. The van der Waals surface area contributed by atoms with Gasteiger partial charge in [-0.05, 0) is 43.3 Å². The van der Waals surface area contributed by atoms with Crippen molar-refractivity contribution in [2.75, 3.05) is 44.6 Å². The van der Waals surface area contributed by atoms with Crippen LogP contribution in [0, 0.1) is 0 Å². The Morgan fingerprint density at radius 2 is 1.87 bits per heavy atom. The van der Waals surface area contributed by atoms with Crippen molar-refractivity contribution in [2.24, 2.45) is 0 Å². The van der Waals surface area contributed by atoms with Gasteiger partial charge in [0.1, 0.15) is 0 Å². The Morgan fingerprint density at radius 3 is 2.55 bits per heavy atom. The highest BCUT2D eigenvalue weighted by molar-refractivity contribution is 7.89. The molecule has 0 aliphatic carbocycles. The normalized spacial score (nSPS) is 15.5. The molecule has 1 saturated heterocycles. The first kappa shape index (κ1) is 23.0. The van der Waals surface area contributed by atoms with Crippen molar-refractivity contribution < 1.29 is 22.4 Å². The maximum absolute atomic E-state index is 12.9. The van der Waals surface area contributed by atoms with E-state index in [2.05, 4.69) is 22.5 Å². The van der Waals surface area contributed by atoms with Crippen molar-refractivity contribution in [1.82, 2.24) is 14.5 Å². The summed E-state index contributed by atoms with van der Waals surface area (Å²) in [5, 5.41) is 5.40. The smallest absolute Gasteiger partial charge is 0.286 e. The highest BCUT2D eigenvalue weighted by Crippen LogP contribution is 2.21. The molecule has 2 aromatic rings. The summed E-state index contributed by atoms with van der Waals surface area (Å²) in [6, 6.07) is 9.49. The molecule has 31 heavy (non-hydrogen) atoms. The Balaban J connectivity index is 1.49. The monoisotopic (exact) mass is 448 g/mol. The van der Waals surface area contributed by atoms with Crippen LogP contribution in [0.3, 0.4) is 0 Å². The van der Waals surface area contributed by atoms with Gasteiger partial charge in [0.05, 0.1) is 11.2 Å². The largest absolute Gasteiger partial charge is 0.459 e. The van der Waals surface area contributed by atoms with Crippen LogP contribution in [0.4, 0.5) is 5.69 Å². The molecule has 2 amide bonds. The lowest BCUT2D eigenvalue weighted by Gasteiger charge is -2.33. The van der Waals surface area contributed by atoms with Crippen LogP contribution in [0.15, 0.2) is 52.0 Å². The predicted octanol–water partition coefficient (Wildman–Crippen LogP) is 1.75. The van der Waals surface area contributed by atoms with Crippen LogP contribution >= 0.6 is 0 Å². The lowest BCUT2D eigenvalue weighted by atomic mass is 10.2. The van der Waals surface area contributed by atoms with Gasteiger partial charge >= 0.3 is 0 Å². The maximum Gasteiger partial charge on any atom is 0.286 e. The molecule has 3 rings (SSSR count). The van der Waals surface area contributed by atoms with Gasteiger partial charge in [-0.15, -0.1) is 0 Å². The van der Waals surface area contributed by atoms with Gasteiger partial charge in [-0.25, -0.2) is 8.42 Å². The lowest BCUT2D eigenvalue weighted by molar-refractivity contribution is -0.116. The minimum absolute atomic E-state index is 0.168. The van der Waals surface area contributed by atoms with Gasteiger partial charge < -0.3 is 20.0 Å². The van der Waals surface area contributed by atoms with E-state index in [-0.39, 0.29) is 28.9 Å². The number of anilines is 1. The Kier molecular flexibility index (Phi) is 7.83. The van der Waals surface area contributed by atoms with E-state index >= 15 is 0 Å². The fourth-order valence-electron chi connectivity index (χ4n) is 3.34. The topological polar surface area (TPSA) is 112 Å². The van der Waals surface area contributed by atoms with Crippen molar-refractivity contribution in [1.29, 1.82) is 0 Å². The fraction of sp³-hybridized carbons (Fsp3) is 0.429. The molecule has 0 unspecified atom stereocenters. The maximum atomic E-state index is 12.9. The number of hydrogen-bond donors (Lipinski definition) is 2. The van der Waals surface area contributed by atoms with Gasteiger partial charge in [-0.2, -0.15) is 4.31 Å². The number of rotatable bonds is 9. The minimum Gasteiger partial charge on any atom is -0.459 e. The summed E-state index contributed by atoms with van der Waals surface area (Å²) < 4.78 is 32.4. The first-order chi connectivity index (χ1) is 14.9. The third kappa shape index (κ3) is 6.16. The number of carbonyl (C=O) groups excluding carboxylic acids is 2. The van der Waals surface area contributed by atoms with E-state index in [1.807, 2.05) is 0 Å².